The molecule has 27 heavy (non-hydrogen) atoms. The first-order chi connectivity index (χ1) is 12.6. The standard InChI is InChI=1S/C18H20Cl2N2O4S/c1-11(2)22-27(24,25)14-9-7-13(8-10-14)21-18(23)12(3)26-16-6-4-5-15(19)17(16)20/h4-12,22H,1-3H3,(H,21,23). The molecule has 0 spiro atoms. The van der Waals surface area contributed by atoms with E-state index in [-0.39, 0.29) is 16.0 Å². The molecule has 0 aromatic heterocycles. The lowest BCUT2D eigenvalue weighted by molar-refractivity contribution is -0.122. The van der Waals surface area contributed by atoms with Crippen molar-refractivity contribution in [1.82, 2.24) is 4.72 Å². The molecule has 0 aliphatic heterocycles. The van der Waals surface area contributed by atoms with Crippen molar-refractivity contribution in [1.29, 1.82) is 0 Å². The third-order valence-corrected chi connectivity index (χ3v) is 5.89. The average Bonchev–Trinajstić information content (AvgIpc) is 2.58. The van der Waals surface area contributed by atoms with Crippen LogP contribution in [0, 0.1) is 0 Å². The maximum atomic E-state index is 12.3. The summed E-state index contributed by atoms with van der Waals surface area (Å²) >= 11 is 12.0. The largest absolute Gasteiger partial charge is 0.479 e. The molecule has 146 valence electrons. The van der Waals surface area contributed by atoms with Crippen molar-refractivity contribution < 1.29 is 17.9 Å². The lowest BCUT2D eigenvalue weighted by Gasteiger charge is -2.16. The highest BCUT2D eigenvalue weighted by atomic mass is 35.5. The van der Waals surface area contributed by atoms with E-state index in [1.165, 1.54) is 24.3 Å². The normalized spacial score (nSPS) is 12.7. The van der Waals surface area contributed by atoms with Gasteiger partial charge in [-0.3, -0.25) is 4.79 Å². The third kappa shape index (κ3) is 5.84. The van der Waals surface area contributed by atoms with E-state index in [0.29, 0.717) is 16.5 Å². The van der Waals surface area contributed by atoms with Crippen LogP contribution in [0.2, 0.25) is 10.0 Å². The molecule has 0 heterocycles. The number of halogens is 2. The summed E-state index contributed by atoms with van der Waals surface area (Å²) in [5.41, 5.74) is 0.441. The Morgan fingerprint density at radius 2 is 1.67 bits per heavy atom. The maximum absolute atomic E-state index is 12.3. The summed E-state index contributed by atoms with van der Waals surface area (Å²) < 4.78 is 32.3. The van der Waals surface area contributed by atoms with Gasteiger partial charge in [-0.25, -0.2) is 13.1 Å². The predicted octanol–water partition coefficient (Wildman–Crippen LogP) is 4.09. The van der Waals surface area contributed by atoms with Gasteiger partial charge in [0.25, 0.3) is 5.91 Å². The van der Waals surface area contributed by atoms with Crippen LogP contribution in [0.5, 0.6) is 5.75 Å². The van der Waals surface area contributed by atoms with E-state index in [0.717, 1.165) is 0 Å². The van der Waals surface area contributed by atoms with Crippen molar-refractivity contribution in [3.8, 4) is 5.75 Å². The summed E-state index contributed by atoms with van der Waals surface area (Å²) in [6.07, 6.45) is -0.841. The summed E-state index contributed by atoms with van der Waals surface area (Å²) in [6.45, 7) is 5.04. The second-order valence-electron chi connectivity index (χ2n) is 6.10. The van der Waals surface area contributed by atoms with Crippen LogP contribution in [0.3, 0.4) is 0 Å². The van der Waals surface area contributed by atoms with E-state index in [1.54, 1.807) is 39.0 Å². The molecule has 0 radical (unpaired) electrons. The van der Waals surface area contributed by atoms with Crippen molar-refractivity contribution in [2.75, 3.05) is 5.32 Å². The summed E-state index contributed by atoms with van der Waals surface area (Å²) in [5, 5.41) is 3.22. The van der Waals surface area contributed by atoms with E-state index in [9.17, 15) is 13.2 Å². The highest BCUT2D eigenvalue weighted by Crippen LogP contribution is 2.32. The molecular weight excluding hydrogens is 411 g/mol. The van der Waals surface area contributed by atoms with E-state index < -0.39 is 22.0 Å². The van der Waals surface area contributed by atoms with Gasteiger partial charge in [-0.05, 0) is 57.2 Å². The number of ether oxygens (including phenoxy) is 1. The summed E-state index contributed by atoms with van der Waals surface area (Å²) in [4.78, 5) is 12.4. The first-order valence-corrected chi connectivity index (χ1v) is 10.4. The van der Waals surface area contributed by atoms with Crippen LogP contribution >= 0.6 is 23.2 Å². The number of nitrogens with one attached hydrogen (secondary N) is 2. The Hall–Kier alpha value is -1.80. The number of carbonyl (C=O) groups excluding carboxylic acids is 1. The lowest BCUT2D eigenvalue weighted by Crippen LogP contribution is -2.31. The predicted molar refractivity (Wildman–Crippen MR) is 107 cm³/mol. The molecule has 1 atom stereocenters. The molecule has 0 aliphatic rings. The van der Waals surface area contributed by atoms with Gasteiger partial charge in [0, 0.05) is 11.7 Å². The minimum absolute atomic E-state index is 0.115. The first-order valence-electron chi connectivity index (χ1n) is 8.14. The number of rotatable bonds is 7. The molecule has 2 aromatic carbocycles. The number of amides is 1. The maximum Gasteiger partial charge on any atom is 0.265 e. The number of hydrogen-bond acceptors (Lipinski definition) is 4. The molecular formula is C18H20Cl2N2O4S. The molecule has 9 heteroatoms. The molecule has 6 nitrogen and oxygen atoms in total. The van der Waals surface area contributed by atoms with Crippen molar-refractivity contribution in [3.63, 3.8) is 0 Å². The van der Waals surface area contributed by atoms with Crippen LogP contribution in [0.15, 0.2) is 47.4 Å². The zero-order valence-corrected chi connectivity index (χ0v) is 17.3. The monoisotopic (exact) mass is 430 g/mol. The fourth-order valence-corrected chi connectivity index (χ4v) is 3.75. The molecule has 0 fully saturated rings. The Bertz CT molecular complexity index is 915. The second-order valence-corrected chi connectivity index (χ2v) is 8.60. The Morgan fingerprint density at radius 3 is 2.26 bits per heavy atom. The van der Waals surface area contributed by atoms with Gasteiger partial charge in [0.05, 0.1) is 9.92 Å². The topological polar surface area (TPSA) is 84.5 Å². The van der Waals surface area contributed by atoms with Gasteiger partial charge in [-0.15, -0.1) is 0 Å². The van der Waals surface area contributed by atoms with Crippen LogP contribution in [0.25, 0.3) is 0 Å². The van der Waals surface area contributed by atoms with Crippen LogP contribution < -0.4 is 14.8 Å². The van der Waals surface area contributed by atoms with Gasteiger partial charge < -0.3 is 10.1 Å². The Labute approximate surface area is 168 Å². The van der Waals surface area contributed by atoms with Gasteiger partial charge in [0.15, 0.2) is 6.10 Å². The molecule has 0 aliphatic carbocycles. The van der Waals surface area contributed by atoms with E-state index in [4.69, 9.17) is 27.9 Å². The summed E-state index contributed by atoms with van der Waals surface area (Å²) in [7, 11) is -3.59. The highest BCUT2D eigenvalue weighted by molar-refractivity contribution is 7.89. The smallest absolute Gasteiger partial charge is 0.265 e. The quantitative estimate of drug-likeness (QED) is 0.692. The zero-order valence-electron chi connectivity index (χ0n) is 15.0. The zero-order chi connectivity index (χ0) is 20.2. The minimum Gasteiger partial charge on any atom is -0.479 e. The van der Waals surface area contributed by atoms with Gasteiger partial charge in [0.2, 0.25) is 10.0 Å². The molecule has 0 bridgehead atoms. The Morgan fingerprint density at radius 1 is 1.04 bits per heavy atom. The SMILES string of the molecule is CC(C)NS(=O)(=O)c1ccc(NC(=O)C(C)Oc2cccc(Cl)c2Cl)cc1. The number of benzene rings is 2. The van der Waals surface area contributed by atoms with Crippen LogP contribution in [-0.2, 0) is 14.8 Å². The van der Waals surface area contributed by atoms with Crippen LogP contribution in [0.1, 0.15) is 20.8 Å². The molecule has 0 saturated heterocycles. The number of anilines is 1. The molecule has 2 rings (SSSR count). The first kappa shape index (κ1) is 21.5. The summed E-state index contributed by atoms with van der Waals surface area (Å²) in [6, 6.07) is 10.5. The minimum atomic E-state index is -3.59. The molecule has 0 saturated carbocycles. The second kappa shape index (κ2) is 8.93. The Balaban J connectivity index is 2.04. The average molecular weight is 431 g/mol. The lowest BCUT2D eigenvalue weighted by atomic mass is 10.3. The highest BCUT2D eigenvalue weighted by Gasteiger charge is 2.18. The molecule has 1 amide bonds. The van der Waals surface area contributed by atoms with Crippen molar-refractivity contribution in [2.24, 2.45) is 0 Å². The fraction of sp³-hybridized carbons (Fsp3) is 0.278. The molecule has 1 unspecified atom stereocenters. The molecule has 2 aromatic rings. The molecule has 2 N–H and O–H groups in total. The van der Waals surface area contributed by atoms with Crippen LogP contribution in [-0.4, -0.2) is 26.5 Å². The van der Waals surface area contributed by atoms with Crippen molar-refractivity contribution >= 4 is 44.8 Å². The number of hydrogen-bond donors (Lipinski definition) is 2. The van der Waals surface area contributed by atoms with Crippen molar-refractivity contribution in [2.45, 2.75) is 37.8 Å². The van der Waals surface area contributed by atoms with Gasteiger partial charge in [-0.1, -0.05) is 29.3 Å². The fourth-order valence-electron chi connectivity index (χ4n) is 2.16. The van der Waals surface area contributed by atoms with Gasteiger partial charge >= 0.3 is 0 Å². The van der Waals surface area contributed by atoms with Gasteiger partial charge in [0.1, 0.15) is 10.8 Å². The number of carbonyl (C=O) groups is 1. The Kier molecular flexibility index (Phi) is 7.11. The van der Waals surface area contributed by atoms with Crippen LogP contribution in [0.4, 0.5) is 5.69 Å². The number of sulfonamides is 1. The van der Waals surface area contributed by atoms with Crippen molar-refractivity contribution in [3.05, 3.63) is 52.5 Å². The van der Waals surface area contributed by atoms with E-state index in [1.807, 2.05) is 0 Å². The van der Waals surface area contributed by atoms with E-state index >= 15 is 0 Å². The van der Waals surface area contributed by atoms with E-state index in [2.05, 4.69) is 10.0 Å². The summed E-state index contributed by atoms with van der Waals surface area (Å²) in [5.74, 6) is -0.116. The third-order valence-electron chi connectivity index (χ3n) is 3.41. The van der Waals surface area contributed by atoms with Gasteiger partial charge in [-0.2, -0.15) is 0 Å².